The topological polar surface area (TPSA) is 55.4 Å². The van der Waals surface area contributed by atoms with Crippen molar-refractivity contribution in [1.29, 1.82) is 0 Å². The van der Waals surface area contributed by atoms with Gasteiger partial charge in [0.15, 0.2) is 0 Å². The summed E-state index contributed by atoms with van der Waals surface area (Å²) in [5.41, 5.74) is 1.70. The minimum atomic E-state index is -3.63. The van der Waals surface area contributed by atoms with E-state index in [-0.39, 0.29) is 10.9 Å². The fraction of sp³-hybridized carbons (Fsp3) is 0.250. The number of rotatable bonds is 3. The Bertz CT molecular complexity index is 805. The lowest BCUT2D eigenvalue weighted by Gasteiger charge is -2.26. The number of aryl methyl sites for hydroxylation is 1. The van der Waals surface area contributed by atoms with Gasteiger partial charge >= 0.3 is 0 Å². The Morgan fingerprint density at radius 1 is 1.23 bits per heavy atom. The highest BCUT2D eigenvalue weighted by atomic mass is 35.5. The summed E-state index contributed by atoms with van der Waals surface area (Å²) < 4.78 is 33.4. The summed E-state index contributed by atoms with van der Waals surface area (Å²) in [4.78, 5) is 0.173. The Morgan fingerprint density at radius 3 is 2.77 bits per heavy atom. The van der Waals surface area contributed by atoms with Crippen molar-refractivity contribution < 1.29 is 13.2 Å². The average molecular weight is 338 g/mol. The minimum Gasteiger partial charge on any atom is -0.493 e. The molecule has 6 heteroatoms. The molecular weight excluding hydrogens is 322 g/mol. The van der Waals surface area contributed by atoms with Gasteiger partial charge in [0.25, 0.3) is 0 Å². The minimum absolute atomic E-state index is 0.173. The molecule has 0 aromatic heterocycles. The van der Waals surface area contributed by atoms with Crippen LogP contribution in [0.3, 0.4) is 0 Å². The SMILES string of the molecule is Cc1ccc(S(=O)(=O)NC2CCOc3ccccc32)cc1Cl. The van der Waals surface area contributed by atoms with Crippen molar-refractivity contribution in [3.8, 4) is 5.75 Å². The Morgan fingerprint density at radius 2 is 2.00 bits per heavy atom. The molecule has 0 radical (unpaired) electrons. The second kappa shape index (κ2) is 5.91. The first-order chi connectivity index (χ1) is 10.5. The van der Waals surface area contributed by atoms with Crippen molar-refractivity contribution in [2.45, 2.75) is 24.3 Å². The molecular formula is C16H16ClNO3S. The van der Waals surface area contributed by atoms with E-state index in [1.807, 2.05) is 31.2 Å². The first-order valence-electron chi connectivity index (χ1n) is 6.97. The molecule has 2 aromatic carbocycles. The number of halogens is 1. The molecule has 1 N–H and O–H groups in total. The molecule has 0 spiro atoms. The molecule has 116 valence electrons. The summed E-state index contributed by atoms with van der Waals surface area (Å²) >= 11 is 6.03. The average Bonchev–Trinajstić information content (AvgIpc) is 2.50. The number of nitrogens with one attached hydrogen (secondary N) is 1. The van der Waals surface area contributed by atoms with Crippen molar-refractivity contribution in [1.82, 2.24) is 4.72 Å². The molecule has 0 saturated heterocycles. The van der Waals surface area contributed by atoms with Gasteiger partial charge in [-0.15, -0.1) is 0 Å². The number of fused-ring (bicyclic) bond motifs is 1. The second-order valence-corrected chi connectivity index (χ2v) is 7.38. The lowest BCUT2D eigenvalue weighted by atomic mass is 10.0. The van der Waals surface area contributed by atoms with Gasteiger partial charge < -0.3 is 4.74 Å². The predicted molar refractivity (Wildman–Crippen MR) is 85.8 cm³/mol. The van der Waals surface area contributed by atoms with E-state index in [1.165, 1.54) is 6.07 Å². The largest absolute Gasteiger partial charge is 0.493 e. The summed E-state index contributed by atoms with van der Waals surface area (Å²) in [5, 5.41) is 0.440. The highest BCUT2D eigenvalue weighted by molar-refractivity contribution is 7.89. The van der Waals surface area contributed by atoms with Crippen molar-refractivity contribution in [3.63, 3.8) is 0 Å². The summed E-state index contributed by atoms with van der Waals surface area (Å²) in [6.07, 6.45) is 0.593. The number of hydrogen-bond donors (Lipinski definition) is 1. The third-order valence-electron chi connectivity index (χ3n) is 3.71. The Kier molecular flexibility index (Phi) is 4.12. The highest BCUT2D eigenvalue weighted by Crippen LogP contribution is 2.33. The lowest BCUT2D eigenvalue weighted by Crippen LogP contribution is -2.32. The summed E-state index contributed by atoms with van der Waals surface area (Å²) in [7, 11) is -3.63. The molecule has 1 unspecified atom stereocenters. The van der Waals surface area contributed by atoms with Crippen LogP contribution in [-0.4, -0.2) is 15.0 Å². The van der Waals surface area contributed by atoms with Crippen LogP contribution in [0.25, 0.3) is 0 Å². The maximum absolute atomic E-state index is 12.6. The third-order valence-corrected chi connectivity index (χ3v) is 5.59. The van der Waals surface area contributed by atoms with Crippen LogP contribution in [0, 0.1) is 6.92 Å². The van der Waals surface area contributed by atoms with Gasteiger partial charge in [0.05, 0.1) is 17.5 Å². The second-order valence-electron chi connectivity index (χ2n) is 5.26. The zero-order valence-corrected chi connectivity index (χ0v) is 13.6. The van der Waals surface area contributed by atoms with E-state index < -0.39 is 10.0 Å². The molecule has 0 fully saturated rings. The number of ether oxygens (including phenoxy) is 1. The number of sulfonamides is 1. The van der Waals surface area contributed by atoms with Crippen molar-refractivity contribution >= 4 is 21.6 Å². The first kappa shape index (κ1) is 15.3. The predicted octanol–water partition coefficient (Wildman–Crippen LogP) is 3.45. The van der Waals surface area contributed by atoms with Gasteiger partial charge in [0.2, 0.25) is 10.0 Å². The van der Waals surface area contributed by atoms with E-state index in [2.05, 4.69) is 4.72 Å². The molecule has 0 aliphatic carbocycles. The smallest absolute Gasteiger partial charge is 0.241 e. The van der Waals surface area contributed by atoms with Gasteiger partial charge in [-0.05, 0) is 30.7 Å². The molecule has 1 aliphatic heterocycles. The van der Waals surface area contributed by atoms with Crippen molar-refractivity contribution in [3.05, 3.63) is 58.6 Å². The standard InChI is InChI=1S/C16H16ClNO3S/c1-11-6-7-12(10-14(11)17)22(19,20)18-15-8-9-21-16-5-3-2-4-13(15)16/h2-7,10,15,18H,8-9H2,1H3. The van der Waals surface area contributed by atoms with Crippen LogP contribution in [0.5, 0.6) is 5.75 Å². The van der Waals surface area contributed by atoms with Gasteiger partial charge in [-0.3, -0.25) is 0 Å². The number of hydrogen-bond acceptors (Lipinski definition) is 3. The van der Waals surface area contributed by atoms with Crippen LogP contribution >= 0.6 is 11.6 Å². The molecule has 0 saturated carbocycles. The zero-order chi connectivity index (χ0) is 15.7. The number of benzene rings is 2. The monoisotopic (exact) mass is 337 g/mol. The molecule has 22 heavy (non-hydrogen) atoms. The van der Waals surface area contributed by atoms with Crippen LogP contribution in [0.2, 0.25) is 5.02 Å². The molecule has 4 nitrogen and oxygen atoms in total. The van der Waals surface area contributed by atoms with E-state index in [0.29, 0.717) is 18.1 Å². The highest BCUT2D eigenvalue weighted by Gasteiger charge is 2.26. The van der Waals surface area contributed by atoms with E-state index in [0.717, 1.165) is 16.9 Å². The molecule has 1 heterocycles. The summed E-state index contributed by atoms with van der Waals surface area (Å²) in [6.45, 7) is 2.32. The van der Waals surface area contributed by atoms with Gasteiger partial charge in [0, 0.05) is 17.0 Å². The maximum Gasteiger partial charge on any atom is 0.241 e. The van der Waals surface area contributed by atoms with Crippen LogP contribution < -0.4 is 9.46 Å². The zero-order valence-electron chi connectivity index (χ0n) is 12.0. The van der Waals surface area contributed by atoms with Gasteiger partial charge in [-0.2, -0.15) is 0 Å². The third kappa shape index (κ3) is 2.97. The first-order valence-corrected chi connectivity index (χ1v) is 8.84. The molecule has 1 aliphatic rings. The Labute approximate surface area is 135 Å². The van der Waals surface area contributed by atoms with Crippen LogP contribution in [0.15, 0.2) is 47.4 Å². The molecule has 1 atom stereocenters. The van der Waals surface area contributed by atoms with E-state index in [4.69, 9.17) is 16.3 Å². The van der Waals surface area contributed by atoms with Crippen LogP contribution in [-0.2, 0) is 10.0 Å². The fourth-order valence-corrected chi connectivity index (χ4v) is 3.98. The normalized spacial score (nSPS) is 17.6. The van der Waals surface area contributed by atoms with E-state index in [1.54, 1.807) is 12.1 Å². The fourth-order valence-electron chi connectivity index (χ4n) is 2.46. The van der Waals surface area contributed by atoms with Crippen LogP contribution in [0.1, 0.15) is 23.6 Å². The van der Waals surface area contributed by atoms with E-state index >= 15 is 0 Å². The van der Waals surface area contributed by atoms with Gasteiger partial charge in [-0.25, -0.2) is 13.1 Å². The van der Waals surface area contributed by atoms with E-state index in [9.17, 15) is 8.42 Å². The molecule has 0 bridgehead atoms. The van der Waals surface area contributed by atoms with Gasteiger partial charge in [0.1, 0.15) is 5.75 Å². The molecule has 2 aromatic rings. The quantitative estimate of drug-likeness (QED) is 0.933. The Balaban J connectivity index is 1.91. The lowest BCUT2D eigenvalue weighted by molar-refractivity contribution is 0.263. The number of para-hydroxylation sites is 1. The van der Waals surface area contributed by atoms with Crippen molar-refractivity contribution in [2.24, 2.45) is 0 Å². The maximum atomic E-state index is 12.6. The summed E-state index contributed by atoms with van der Waals surface area (Å²) in [5.74, 6) is 0.725. The Hall–Kier alpha value is -1.56. The van der Waals surface area contributed by atoms with Gasteiger partial charge in [-0.1, -0.05) is 35.9 Å². The van der Waals surface area contributed by atoms with Crippen LogP contribution in [0.4, 0.5) is 0 Å². The molecule has 0 amide bonds. The molecule has 3 rings (SSSR count). The summed E-state index contributed by atoms with van der Waals surface area (Å²) in [6, 6.07) is 11.9. The van der Waals surface area contributed by atoms with Crippen molar-refractivity contribution in [2.75, 3.05) is 6.61 Å².